The number of carboxylic acids is 1. The lowest BCUT2D eigenvalue weighted by Crippen LogP contribution is -2.29. The monoisotopic (exact) mass is 389 g/mol. The number of benzene rings is 3. The third-order valence-electron chi connectivity index (χ3n) is 5.69. The molecule has 1 heterocycles. The topological polar surface area (TPSA) is 40.5 Å². The predicted octanol–water partition coefficient (Wildman–Crippen LogP) is 5.30. The molecule has 0 unspecified atom stereocenters. The first-order valence-electron chi connectivity index (χ1n) is 9.94. The Labute approximate surface area is 170 Å². The van der Waals surface area contributed by atoms with Crippen molar-refractivity contribution in [1.82, 2.24) is 4.90 Å². The summed E-state index contributed by atoms with van der Waals surface area (Å²) in [5, 5.41) is 9.10. The third kappa shape index (κ3) is 4.08. The lowest BCUT2D eigenvalue weighted by atomic mass is 9.90. The molecule has 0 saturated carbocycles. The number of aryl methyl sites for hydroxylation is 1. The number of carbonyl (C=O) groups is 1. The molecule has 0 spiro atoms. The minimum atomic E-state index is -0.786. The Morgan fingerprint density at radius 3 is 2.55 bits per heavy atom. The van der Waals surface area contributed by atoms with Gasteiger partial charge in [0.1, 0.15) is 5.82 Å². The van der Waals surface area contributed by atoms with Crippen LogP contribution in [0.2, 0.25) is 0 Å². The number of carboxylic acid groups (broad SMARTS) is 1. The van der Waals surface area contributed by atoms with E-state index in [-0.39, 0.29) is 12.4 Å². The van der Waals surface area contributed by atoms with Crippen LogP contribution in [0.3, 0.4) is 0 Å². The number of rotatable bonds is 4. The van der Waals surface area contributed by atoms with Crippen molar-refractivity contribution in [1.29, 1.82) is 0 Å². The van der Waals surface area contributed by atoms with Crippen molar-refractivity contribution in [3.8, 4) is 22.3 Å². The van der Waals surface area contributed by atoms with Gasteiger partial charge in [0.15, 0.2) is 0 Å². The van der Waals surface area contributed by atoms with E-state index in [4.69, 9.17) is 5.11 Å². The molecular formula is C25H24FNO2. The minimum absolute atomic E-state index is 0.0744. The highest BCUT2D eigenvalue weighted by Crippen LogP contribution is 2.34. The van der Waals surface area contributed by atoms with E-state index >= 15 is 0 Å². The zero-order valence-corrected chi connectivity index (χ0v) is 16.5. The largest absolute Gasteiger partial charge is 0.480 e. The predicted molar refractivity (Wildman–Crippen MR) is 113 cm³/mol. The zero-order chi connectivity index (χ0) is 20.4. The Morgan fingerprint density at radius 2 is 1.76 bits per heavy atom. The molecule has 1 aliphatic heterocycles. The standard InChI is InChI=1S/C25H24FNO2/c1-17-21(8-4-9-22(17)23-7-2-3-10-24(23)26)19-11-12-20-15-27(16-25(28)29)13-5-6-18(20)14-19/h2-4,7-12,14H,5-6,13,15-16H2,1H3,(H,28,29). The lowest BCUT2D eigenvalue weighted by molar-refractivity contribution is -0.138. The molecule has 0 amide bonds. The Morgan fingerprint density at radius 1 is 1.00 bits per heavy atom. The number of fused-ring (bicyclic) bond motifs is 1. The first-order valence-corrected chi connectivity index (χ1v) is 9.94. The second kappa shape index (κ2) is 8.18. The van der Waals surface area contributed by atoms with Gasteiger partial charge in [-0.15, -0.1) is 0 Å². The van der Waals surface area contributed by atoms with E-state index < -0.39 is 5.97 Å². The molecule has 0 aliphatic carbocycles. The average Bonchev–Trinajstić information content (AvgIpc) is 2.89. The van der Waals surface area contributed by atoms with E-state index in [9.17, 15) is 9.18 Å². The molecule has 0 bridgehead atoms. The van der Waals surface area contributed by atoms with Crippen LogP contribution >= 0.6 is 0 Å². The molecule has 4 heteroatoms. The fourth-order valence-electron chi connectivity index (χ4n) is 4.24. The van der Waals surface area contributed by atoms with Gasteiger partial charge in [-0.05, 0) is 65.8 Å². The average molecular weight is 389 g/mol. The molecule has 148 valence electrons. The molecule has 3 nitrogen and oxygen atoms in total. The van der Waals surface area contributed by atoms with Gasteiger partial charge in [0, 0.05) is 12.1 Å². The summed E-state index contributed by atoms with van der Waals surface area (Å²) in [6.45, 7) is 3.57. The zero-order valence-electron chi connectivity index (χ0n) is 16.5. The van der Waals surface area contributed by atoms with Crippen LogP contribution in [0.4, 0.5) is 4.39 Å². The van der Waals surface area contributed by atoms with E-state index in [1.165, 1.54) is 17.2 Å². The molecule has 3 aromatic rings. The molecule has 29 heavy (non-hydrogen) atoms. The highest BCUT2D eigenvalue weighted by Gasteiger charge is 2.18. The molecule has 1 N–H and O–H groups in total. The Kier molecular flexibility index (Phi) is 5.45. The second-order valence-corrected chi connectivity index (χ2v) is 7.65. The van der Waals surface area contributed by atoms with Gasteiger partial charge >= 0.3 is 5.97 Å². The Hall–Kier alpha value is -2.98. The van der Waals surface area contributed by atoms with Gasteiger partial charge in [-0.25, -0.2) is 4.39 Å². The third-order valence-corrected chi connectivity index (χ3v) is 5.69. The molecule has 0 saturated heterocycles. The molecule has 4 rings (SSSR count). The van der Waals surface area contributed by atoms with Gasteiger partial charge in [0.2, 0.25) is 0 Å². The summed E-state index contributed by atoms with van der Waals surface area (Å²) in [5.41, 5.74) is 7.25. The van der Waals surface area contributed by atoms with Gasteiger partial charge in [-0.3, -0.25) is 9.69 Å². The van der Waals surface area contributed by atoms with Crippen molar-refractivity contribution < 1.29 is 14.3 Å². The second-order valence-electron chi connectivity index (χ2n) is 7.65. The summed E-state index contributed by atoms with van der Waals surface area (Å²) in [7, 11) is 0. The number of hydrogen-bond acceptors (Lipinski definition) is 2. The van der Waals surface area contributed by atoms with Crippen LogP contribution in [0, 0.1) is 12.7 Å². The fourth-order valence-corrected chi connectivity index (χ4v) is 4.24. The molecule has 0 radical (unpaired) electrons. The smallest absolute Gasteiger partial charge is 0.317 e. The molecular weight excluding hydrogens is 365 g/mol. The van der Waals surface area contributed by atoms with Crippen LogP contribution in [0.5, 0.6) is 0 Å². The highest BCUT2D eigenvalue weighted by atomic mass is 19.1. The van der Waals surface area contributed by atoms with Crippen LogP contribution in [-0.2, 0) is 17.8 Å². The summed E-state index contributed by atoms with van der Waals surface area (Å²) >= 11 is 0. The first-order chi connectivity index (χ1) is 14.0. The first kappa shape index (κ1) is 19.3. The van der Waals surface area contributed by atoms with Crippen LogP contribution < -0.4 is 0 Å². The summed E-state index contributed by atoms with van der Waals surface area (Å²) in [6.07, 6.45) is 1.88. The Bertz CT molecular complexity index is 1060. The van der Waals surface area contributed by atoms with E-state index in [1.807, 2.05) is 36.1 Å². The number of hydrogen-bond donors (Lipinski definition) is 1. The van der Waals surface area contributed by atoms with Gasteiger partial charge in [0.05, 0.1) is 6.54 Å². The summed E-state index contributed by atoms with van der Waals surface area (Å²) in [4.78, 5) is 13.1. The van der Waals surface area contributed by atoms with E-state index in [0.717, 1.165) is 41.6 Å². The number of nitrogens with zero attached hydrogens (tertiary/aromatic N) is 1. The molecule has 1 aliphatic rings. The summed E-state index contributed by atoms with van der Waals surface area (Å²) in [5.74, 6) is -1.00. The van der Waals surface area contributed by atoms with E-state index in [1.54, 1.807) is 6.07 Å². The van der Waals surface area contributed by atoms with Crippen LogP contribution in [-0.4, -0.2) is 29.1 Å². The maximum Gasteiger partial charge on any atom is 0.317 e. The highest BCUT2D eigenvalue weighted by molar-refractivity contribution is 5.79. The quantitative estimate of drug-likeness (QED) is 0.658. The van der Waals surface area contributed by atoms with Crippen LogP contribution in [0.15, 0.2) is 60.7 Å². The van der Waals surface area contributed by atoms with Crippen LogP contribution in [0.1, 0.15) is 23.1 Å². The lowest BCUT2D eigenvalue weighted by Gasteiger charge is -2.18. The molecule has 3 aromatic carbocycles. The maximum absolute atomic E-state index is 14.3. The van der Waals surface area contributed by atoms with Crippen molar-refractivity contribution in [3.63, 3.8) is 0 Å². The fraction of sp³-hybridized carbons (Fsp3) is 0.240. The molecule has 0 aromatic heterocycles. The van der Waals surface area contributed by atoms with Crippen molar-refractivity contribution in [3.05, 3.63) is 83.2 Å². The Balaban J connectivity index is 1.70. The van der Waals surface area contributed by atoms with Crippen molar-refractivity contribution in [2.45, 2.75) is 26.3 Å². The molecule has 0 fully saturated rings. The SMILES string of the molecule is Cc1c(-c2ccc3c(c2)CCCN(CC(=O)O)C3)cccc1-c1ccccc1F. The van der Waals surface area contributed by atoms with E-state index in [0.29, 0.717) is 12.1 Å². The van der Waals surface area contributed by atoms with Crippen molar-refractivity contribution >= 4 is 5.97 Å². The van der Waals surface area contributed by atoms with Crippen molar-refractivity contribution in [2.24, 2.45) is 0 Å². The van der Waals surface area contributed by atoms with Gasteiger partial charge in [-0.1, -0.05) is 54.6 Å². The normalized spacial score (nSPS) is 14.3. The minimum Gasteiger partial charge on any atom is -0.480 e. The van der Waals surface area contributed by atoms with Crippen molar-refractivity contribution in [2.75, 3.05) is 13.1 Å². The van der Waals surface area contributed by atoms with Gasteiger partial charge in [-0.2, -0.15) is 0 Å². The molecule has 0 atom stereocenters. The number of halogens is 1. The van der Waals surface area contributed by atoms with Gasteiger partial charge < -0.3 is 5.11 Å². The van der Waals surface area contributed by atoms with Gasteiger partial charge in [0.25, 0.3) is 0 Å². The number of aliphatic carboxylic acids is 1. The van der Waals surface area contributed by atoms with E-state index in [2.05, 4.69) is 24.3 Å². The van der Waals surface area contributed by atoms with Crippen LogP contribution in [0.25, 0.3) is 22.3 Å². The maximum atomic E-state index is 14.3. The summed E-state index contributed by atoms with van der Waals surface area (Å²) in [6, 6.07) is 19.3. The summed E-state index contributed by atoms with van der Waals surface area (Å²) < 4.78 is 14.3.